The van der Waals surface area contributed by atoms with E-state index in [1.54, 1.807) is 6.07 Å². The molecular weight excluding hydrogens is 262 g/mol. The Morgan fingerprint density at radius 1 is 1.32 bits per heavy atom. The molecule has 2 rings (SSSR count). The van der Waals surface area contributed by atoms with Crippen molar-refractivity contribution < 1.29 is 0 Å². The highest BCUT2D eigenvalue weighted by Crippen LogP contribution is 2.20. The molecule has 1 aromatic carbocycles. The minimum Gasteiger partial charge on any atom is -0.355 e. The maximum Gasteiger partial charge on any atom is 0.145 e. The van der Waals surface area contributed by atoms with Gasteiger partial charge in [-0.1, -0.05) is 29.8 Å². The molecule has 5 nitrogen and oxygen atoms in total. The Bertz CT molecular complexity index is 573. The van der Waals surface area contributed by atoms with Crippen LogP contribution in [0.25, 0.3) is 0 Å². The van der Waals surface area contributed by atoms with Crippen molar-refractivity contribution in [2.24, 2.45) is 5.84 Å². The maximum atomic E-state index is 6.15. The standard InChI is InChI=1S/C13H16ClN5/c1-9-16-12(18-15)7-13(17-9)19(2)8-10-5-3-4-6-11(10)14/h3-7H,8,15H2,1-2H3,(H,16,17,18). The third-order valence-electron chi connectivity index (χ3n) is 2.73. The number of nitrogens with zero attached hydrogens (tertiary/aromatic N) is 3. The molecule has 0 fully saturated rings. The van der Waals surface area contributed by atoms with E-state index in [-0.39, 0.29) is 0 Å². The lowest BCUT2D eigenvalue weighted by atomic mass is 10.2. The van der Waals surface area contributed by atoms with E-state index in [1.165, 1.54) is 0 Å². The van der Waals surface area contributed by atoms with Crippen LogP contribution in [-0.4, -0.2) is 17.0 Å². The second-order valence-electron chi connectivity index (χ2n) is 4.25. The molecule has 0 aliphatic carbocycles. The number of rotatable bonds is 4. The predicted octanol–water partition coefficient (Wildman–Crippen LogP) is 2.36. The maximum absolute atomic E-state index is 6.15. The van der Waals surface area contributed by atoms with E-state index in [9.17, 15) is 0 Å². The summed E-state index contributed by atoms with van der Waals surface area (Å²) in [5, 5.41) is 0.748. The molecule has 0 atom stereocenters. The predicted molar refractivity (Wildman–Crippen MR) is 78.1 cm³/mol. The number of hydrogen-bond acceptors (Lipinski definition) is 5. The number of benzene rings is 1. The molecule has 0 amide bonds. The Balaban J connectivity index is 2.22. The van der Waals surface area contributed by atoms with Crippen LogP contribution in [0, 0.1) is 6.92 Å². The molecule has 0 bridgehead atoms. The fraction of sp³-hybridized carbons (Fsp3) is 0.231. The first kappa shape index (κ1) is 13.6. The number of nitrogens with two attached hydrogens (primary N) is 1. The monoisotopic (exact) mass is 277 g/mol. The third-order valence-corrected chi connectivity index (χ3v) is 3.10. The molecule has 2 aromatic rings. The molecule has 1 heterocycles. The molecule has 19 heavy (non-hydrogen) atoms. The first-order valence-electron chi connectivity index (χ1n) is 5.87. The Labute approximate surface area is 117 Å². The molecule has 100 valence electrons. The molecular formula is C13H16ClN5. The molecule has 0 unspecified atom stereocenters. The van der Waals surface area contributed by atoms with Gasteiger partial charge in [0, 0.05) is 24.7 Å². The summed E-state index contributed by atoms with van der Waals surface area (Å²) in [5.74, 6) is 7.43. The van der Waals surface area contributed by atoms with Crippen LogP contribution in [0.5, 0.6) is 0 Å². The van der Waals surface area contributed by atoms with Crippen LogP contribution in [0.4, 0.5) is 11.6 Å². The smallest absolute Gasteiger partial charge is 0.145 e. The number of hydrazine groups is 1. The van der Waals surface area contributed by atoms with Crippen molar-refractivity contribution in [3.8, 4) is 0 Å². The topological polar surface area (TPSA) is 67.1 Å². The Morgan fingerprint density at radius 3 is 2.74 bits per heavy atom. The van der Waals surface area contributed by atoms with Crippen molar-refractivity contribution in [1.82, 2.24) is 9.97 Å². The van der Waals surface area contributed by atoms with Crippen molar-refractivity contribution in [3.63, 3.8) is 0 Å². The summed E-state index contributed by atoms with van der Waals surface area (Å²) in [6, 6.07) is 9.55. The zero-order valence-electron chi connectivity index (χ0n) is 10.9. The quantitative estimate of drug-likeness (QED) is 0.663. The van der Waals surface area contributed by atoms with Gasteiger partial charge in [0.2, 0.25) is 0 Å². The molecule has 0 radical (unpaired) electrons. The summed E-state index contributed by atoms with van der Waals surface area (Å²) in [6.45, 7) is 2.49. The van der Waals surface area contributed by atoms with E-state index >= 15 is 0 Å². The number of hydrogen-bond donors (Lipinski definition) is 2. The van der Waals surface area contributed by atoms with Crippen molar-refractivity contribution in [3.05, 3.63) is 46.7 Å². The van der Waals surface area contributed by atoms with Crippen molar-refractivity contribution >= 4 is 23.2 Å². The van der Waals surface area contributed by atoms with Gasteiger partial charge in [-0.2, -0.15) is 0 Å². The number of nitrogen functional groups attached to an aromatic ring is 1. The minimum absolute atomic E-state index is 0.591. The molecule has 3 N–H and O–H groups in total. The van der Waals surface area contributed by atoms with Crippen LogP contribution in [0.3, 0.4) is 0 Å². The van der Waals surface area contributed by atoms with E-state index in [1.807, 2.05) is 43.1 Å². The zero-order chi connectivity index (χ0) is 13.8. The highest BCUT2D eigenvalue weighted by Gasteiger charge is 2.08. The lowest BCUT2D eigenvalue weighted by molar-refractivity contribution is 0.879. The summed E-state index contributed by atoms with van der Waals surface area (Å²) in [4.78, 5) is 10.5. The SMILES string of the molecule is Cc1nc(NN)cc(N(C)Cc2ccccc2Cl)n1. The average molecular weight is 278 g/mol. The fourth-order valence-electron chi connectivity index (χ4n) is 1.78. The average Bonchev–Trinajstić information content (AvgIpc) is 2.40. The second-order valence-corrected chi connectivity index (χ2v) is 4.66. The first-order chi connectivity index (χ1) is 9.10. The molecule has 1 aromatic heterocycles. The van der Waals surface area contributed by atoms with E-state index in [2.05, 4.69) is 15.4 Å². The fourth-order valence-corrected chi connectivity index (χ4v) is 1.98. The van der Waals surface area contributed by atoms with Crippen LogP contribution in [-0.2, 0) is 6.54 Å². The summed E-state index contributed by atoms with van der Waals surface area (Å²) >= 11 is 6.15. The number of aryl methyl sites for hydroxylation is 1. The lowest BCUT2D eigenvalue weighted by Gasteiger charge is -2.19. The van der Waals surface area contributed by atoms with Gasteiger partial charge >= 0.3 is 0 Å². The summed E-state index contributed by atoms with van der Waals surface area (Å²) < 4.78 is 0. The molecule has 0 aliphatic rings. The Hall–Kier alpha value is -1.85. The van der Waals surface area contributed by atoms with Gasteiger partial charge in [0.15, 0.2) is 0 Å². The highest BCUT2D eigenvalue weighted by atomic mass is 35.5. The van der Waals surface area contributed by atoms with Gasteiger partial charge in [-0.25, -0.2) is 15.8 Å². The zero-order valence-corrected chi connectivity index (χ0v) is 11.6. The van der Waals surface area contributed by atoms with Gasteiger partial charge < -0.3 is 10.3 Å². The van der Waals surface area contributed by atoms with Gasteiger partial charge in [-0.3, -0.25) is 0 Å². The van der Waals surface area contributed by atoms with Crippen LogP contribution in [0.1, 0.15) is 11.4 Å². The molecule has 6 heteroatoms. The molecule has 0 saturated heterocycles. The highest BCUT2D eigenvalue weighted by molar-refractivity contribution is 6.31. The summed E-state index contributed by atoms with van der Waals surface area (Å²) in [5.41, 5.74) is 3.58. The normalized spacial score (nSPS) is 10.3. The van der Waals surface area contributed by atoms with Gasteiger partial charge in [0.1, 0.15) is 17.5 Å². The van der Waals surface area contributed by atoms with Crippen LogP contribution in [0.2, 0.25) is 5.02 Å². The van der Waals surface area contributed by atoms with Gasteiger partial charge in [0.25, 0.3) is 0 Å². The number of anilines is 2. The van der Waals surface area contributed by atoms with Gasteiger partial charge in [-0.15, -0.1) is 0 Å². The molecule has 0 saturated carbocycles. The molecule has 0 spiro atoms. The lowest BCUT2D eigenvalue weighted by Crippen LogP contribution is -2.19. The van der Waals surface area contributed by atoms with Crippen LogP contribution >= 0.6 is 11.6 Å². The first-order valence-corrected chi connectivity index (χ1v) is 6.25. The van der Waals surface area contributed by atoms with E-state index < -0.39 is 0 Å². The van der Waals surface area contributed by atoms with E-state index in [0.717, 1.165) is 16.4 Å². The third kappa shape index (κ3) is 3.33. The second kappa shape index (κ2) is 5.86. The van der Waals surface area contributed by atoms with Crippen LogP contribution < -0.4 is 16.2 Å². The number of nitrogens with one attached hydrogen (secondary N) is 1. The Kier molecular flexibility index (Phi) is 4.19. The Morgan fingerprint density at radius 2 is 2.05 bits per heavy atom. The van der Waals surface area contributed by atoms with Crippen molar-refractivity contribution in [2.45, 2.75) is 13.5 Å². The number of halogens is 1. The summed E-state index contributed by atoms with van der Waals surface area (Å²) in [7, 11) is 1.95. The minimum atomic E-state index is 0.591. The molecule has 0 aliphatic heterocycles. The van der Waals surface area contributed by atoms with Gasteiger partial charge in [0.05, 0.1) is 0 Å². The van der Waals surface area contributed by atoms with E-state index in [0.29, 0.717) is 18.2 Å². The van der Waals surface area contributed by atoms with Crippen LogP contribution in [0.15, 0.2) is 30.3 Å². The number of aromatic nitrogens is 2. The van der Waals surface area contributed by atoms with Crippen molar-refractivity contribution in [2.75, 3.05) is 17.4 Å². The van der Waals surface area contributed by atoms with Gasteiger partial charge in [-0.05, 0) is 18.6 Å². The van der Waals surface area contributed by atoms with E-state index in [4.69, 9.17) is 17.4 Å². The largest absolute Gasteiger partial charge is 0.355 e. The van der Waals surface area contributed by atoms with Crippen molar-refractivity contribution in [1.29, 1.82) is 0 Å². The summed E-state index contributed by atoms with van der Waals surface area (Å²) in [6.07, 6.45) is 0.